The molecule has 4 heteroatoms. The number of piperidine rings is 1. The quantitative estimate of drug-likeness (QED) is 0.854. The van der Waals surface area contributed by atoms with Crippen LogP contribution >= 0.6 is 0 Å². The number of likely N-dealkylation sites (tertiary alicyclic amines) is 1. The number of hydrogen-bond donors (Lipinski definition) is 1. The Morgan fingerprint density at radius 1 is 1.23 bits per heavy atom. The number of carbonyl (C=O) groups is 1. The second-order valence-electron chi connectivity index (χ2n) is 6.35. The van der Waals surface area contributed by atoms with Crippen LogP contribution in [0.3, 0.4) is 0 Å². The van der Waals surface area contributed by atoms with Crippen molar-refractivity contribution in [2.75, 3.05) is 13.1 Å². The van der Waals surface area contributed by atoms with Crippen molar-refractivity contribution in [1.82, 2.24) is 4.90 Å². The van der Waals surface area contributed by atoms with Crippen LogP contribution in [-0.4, -0.2) is 35.3 Å². The zero-order valence-electron chi connectivity index (χ0n) is 12.8. The molecule has 1 fully saturated rings. The Morgan fingerprint density at radius 3 is 2.59 bits per heavy atom. The predicted octanol–water partition coefficient (Wildman–Crippen LogP) is 3.12. The van der Waals surface area contributed by atoms with Crippen molar-refractivity contribution < 1.29 is 14.6 Å². The zero-order chi connectivity index (χ0) is 15.4. The molecule has 0 bridgehead atoms. The second kappa shape index (κ2) is 6.53. The largest absolute Gasteiger partial charge is 0.445 e. The Hall–Kier alpha value is -1.81. The molecule has 1 amide bonds. The summed E-state index contributed by atoms with van der Waals surface area (Å²) in [7, 11) is 0. The molecule has 1 atom stereocenters. The number of aliphatic hydroxyl groups excluding tert-OH is 1. The van der Waals surface area contributed by atoms with Gasteiger partial charge < -0.3 is 14.7 Å². The molecule has 3 rings (SSSR count). The van der Waals surface area contributed by atoms with E-state index in [0.29, 0.717) is 6.61 Å². The van der Waals surface area contributed by atoms with Crippen molar-refractivity contribution in [2.24, 2.45) is 5.41 Å². The summed E-state index contributed by atoms with van der Waals surface area (Å²) in [5.74, 6) is 0. The van der Waals surface area contributed by atoms with Gasteiger partial charge in [0.05, 0.1) is 6.10 Å². The van der Waals surface area contributed by atoms with Gasteiger partial charge >= 0.3 is 6.09 Å². The fraction of sp³-hybridized carbons (Fsp3) is 0.500. The average molecular weight is 301 g/mol. The molecule has 1 aromatic carbocycles. The monoisotopic (exact) mass is 301 g/mol. The lowest BCUT2D eigenvalue weighted by molar-refractivity contribution is 0.0636. The highest BCUT2D eigenvalue weighted by molar-refractivity contribution is 5.67. The third kappa shape index (κ3) is 3.50. The van der Waals surface area contributed by atoms with Crippen LogP contribution in [-0.2, 0) is 11.3 Å². The number of benzene rings is 1. The Balaban J connectivity index is 1.49. The van der Waals surface area contributed by atoms with Crippen LogP contribution in [0, 0.1) is 5.41 Å². The van der Waals surface area contributed by atoms with Gasteiger partial charge in [-0.05, 0) is 36.7 Å². The van der Waals surface area contributed by atoms with Crippen LogP contribution in [0.2, 0.25) is 0 Å². The summed E-state index contributed by atoms with van der Waals surface area (Å²) in [5, 5.41) is 9.57. The van der Waals surface area contributed by atoms with Crippen LogP contribution in [0.25, 0.3) is 0 Å². The first-order chi connectivity index (χ1) is 10.7. The van der Waals surface area contributed by atoms with Gasteiger partial charge in [0, 0.05) is 13.1 Å². The van der Waals surface area contributed by atoms with Crippen LogP contribution in [0.5, 0.6) is 0 Å². The first-order valence-corrected chi connectivity index (χ1v) is 8.00. The van der Waals surface area contributed by atoms with Crippen molar-refractivity contribution in [1.29, 1.82) is 0 Å². The van der Waals surface area contributed by atoms with Crippen molar-refractivity contribution >= 4 is 6.09 Å². The van der Waals surface area contributed by atoms with Crippen LogP contribution in [0.15, 0.2) is 42.5 Å². The molecule has 0 aromatic heterocycles. The van der Waals surface area contributed by atoms with Gasteiger partial charge in [0.2, 0.25) is 0 Å². The van der Waals surface area contributed by atoms with E-state index >= 15 is 0 Å². The van der Waals surface area contributed by atoms with E-state index in [2.05, 4.69) is 6.08 Å². The number of ether oxygens (including phenoxy) is 1. The first kappa shape index (κ1) is 15.1. The molecule has 1 heterocycles. The number of carbonyl (C=O) groups excluding carboxylic acids is 1. The van der Waals surface area contributed by atoms with E-state index in [9.17, 15) is 9.90 Å². The van der Waals surface area contributed by atoms with E-state index in [1.807, 2.05) is 36.4 Å². The van der Waals surface area contributed by atoms with Crippen molar-refractivity contribution in [3.8, 4) is 0 Å². The zero-order valence-corrected chi connectivity index (χ0v) is 12.8. The first-order valence-electron chi connectivity index (χ1n) is 8.00. The fourth-order valence-corrected chi connectivity index (χ4v) is 3.29. The molecule has 1 saturated heterocycles. The maximum absolute atomic E-state index is 12.1. The maximum Gasteiger partial charge on any atom is 0.410 e. The minimum Gasteiger partial charge on any atom is -0.445 e. The van der Waals surface area contributed by atoms with Gasteiger partial charge in [0.1, 0.15) is 6.61 Å². The highest BCUT2D eigenvalue weighted by Gasteiger charge is 2.36. The number of amides is 1. The lowest BCUT2D eigenvalue weighted by Gasteiger charge is -2.41. The number of rotatable bonds is 2. The highest BCUT2D eigenvalue weighted by Crippen LogP contribution is 2.40. The van der Waals surface area contributed by atoms with Crippen molar-refractivity contribution in [3.05, 3.63) is 48.0 Å². The van der Waals surface area contributed by atoms with Gasteiger partial charge in [-0.3, -0.25) is 0 Å². The molecule has 1 spiro atoms. The van der Waals surface area contributed by atoms with Crippen LogP contribution in [0.1, 0.15) is 31.2 Å². The van der Waals surface area contributed by atoms with E-state index in [4.69, 9.17) is 4.74 Å². The number of hydrogen-bond acceptors (Lipinski definition) is 3. The van der Waals surface area contributed by atoms with Crippen LogP contribution in [0.4, 0.5) is 4.79 Å². The predicted molar refractivity (Wildman–Crippen MR) is 84.2 cm³/mol. The minimum atomic E-state index is -0.292. The highest BCUT2D eigenvalue weighted by atomic mass is 16.6. The summed E-state index contributed by atoms with van der Waals surface area (Å²) in [4.78, 5) is 13.9. The smallest absolute Gasteiger partial charge is 0.410 e. The lowest BCUT2D eigenvalue weighted by atomic mass is 9.71. The molecular weight excluding hydrogens is 278 g/mol. The normalized spacial score (nSPS) is 23.5. The Morgan fingerprint density at radius 2 is 1.95 bits per heavy atom. The Bertz CT molecular complexity index is 533. The van der Waals surface area contributed by atoms with Crippen LogP contribution < -0.4 is 0 Å². The molecule has 22 heavy (non-hydrogen) atoms. The molecule has 1 N–H and O–H groups in total. The van der Waals surface area contributed by atoms with Crippen molar-refractivity contribution in [3.63, 3.8) is 0 Å². The third-order valence-corrected chi connectivity index (χ3v) is 4.83. The molecule has 1 aliphatic carbocycles. The number of allylic oxidation sites excluding steroid dienone is 1. The van der Waals surface area contributed by atoms with E-state index < -0.39 is 0 Å². The van der Waals surface area contributed by atoms with E-state index in [0.717, 1.165) is 44.3 Å². The third-order valence-electron chi connectivity index (χ3n) is 4.83. The summed E-state index contributed by atoms with van der Waals surface area (Å²) >= 11 is 0. The van der Waals surface area contributed by atoms with Gasteiger partial charge in [-0.1, -0.05) is 42.5 Å². The molecule has 1 aliphatic heterocycles. The van der Waals surface area contributed by atoms with Gasteiger partial charge in [-0.25, -0.2) is 4.79 Å². The van der Waals surface area contributed by atoms with E-state index in [1.54, 1.807) is 4.90 Å². The summed E-state index contributed by atoms with van der Waals surface area (Å²) in [6.07, 6.45) is 7.30. The van der Waals surface area contributed by atoms with Gasteiger partial charge in [-0.15, -0.1) is 0 Å². The SMILES string of the molecule is O=C(OCc1ccccc1)N1CCC2(C=CC(O)CC2)CC1. The van der Waals surface area contributed by atoms with Gasteiger partial charge in [0.25, 0.3) is 0 Å². The van der Waals surface area contributed by atoms with Crippen molar-refractivity contribution in [2.45, 2.75) is 38.4 Å². The maximum atomic E-state index is 12.1. The summed E-state index contributed by atoms with van der Waals surface area (Å²) in [6, 6.07) is 9.74. The molecule has 0 saturated carbocycles. The van der Waals surface area contributed by atoms with Gasteiger partial charge in [0.15, 0.2) is 0 Å². The van der Waals surface area contributed by atoms with E-state index in [1.165, 1.54) is 0 Å². The molecule has 1 unspecified atom stereocenters. The molecule has 4 nitrogen and oxygen atoms in total. The molecule has 2 aliphatic rings. The Kier molecular flexibility index (Phi) is 4.48. The minimum absolute atomic E-state index is 0.176. The van der Waals surface area contributed by atoms with E-state index in [-0.39, 0.29) is 17.6 Å². The average Bonchev–Trinajstić information content (AvgIpc) is 2.57. The van der Waals surface area contributed by atoms with Gasteiger partial charge in [-0.2, -0.15) is 0 Å². The summed E-state index contributed by atoms with van der Waals surface area (Å²) < 4.78 is 5.39. The number of nitrogens with zero attached hydrogens (tertiary/aromatic N) is 1. The molecular formula is C18H23NO3. The Labute approximate surface area is 131 Å². The molecule has 118 valence electrons. The summed E-state index contributed by atoms with van der Waals surface area (Å²) in [5.41, 5.74) is 1.18. The second-order valence-corrected chi connectivity index (χ2v) is 6.35. The molecule has 1 aromatic rings. The number of aliphatic hydroxyl groups is 1. The molecule has 0 radical (unpaired) electrons. The topological polar surface area (TPSA) is 49.8 Å². The fourth-order valence-electron chi connectivity index (χ4n) is 3.29. The summed E-state index contributed by atoms with van der Waals surface area (Å²) in [6.45, 7) is 1.79. The standard InChI is InChI=1S/C18H23NO3/c20-16-6-8-18(9-7-16)10-12-19(13-11-18)17(21)22-14-15-4-2-1-3-5-15/h1-6,8,16,20H,7,9-14H2. The lowest BCUT2D eigenvalue weighted by Crippen LogP contribution is -2.43.